The standard InChI is InChI=1S/C23H29F3N4O4/c1-21(2,3)14-8-10-22(11-9-14)19(33)30(20(34)29-22)12-17(31)28-16-7-5-4-6-15(16)18(32)27-13-23(24,25)26/h4-7,14H,8-13H2,1-3H3,(H,27,32)(H,28,31)(H,29,34). The van der Waals surface area contributed by atoms with Crippen LogP contribution in [0.25, 0.3) is 0 Å². The summed E-state index contributed by atoms with van der Waals surface area (Å²) >= 11 is 0. The number of imide groups is 1. The second-order valence-corrected chi connectivity index (χ2v) is 9.94. The van der Waals surface area contributed by atoms with Crippen molar-refractivity contribution >= 4 is 29.4 Å². The van der Waals surface area contributed by atoms with Gasteiger partial charge in [0, 0.05) is 0 Å². The molecule has 2 fully saturated rings. The number of halogens is 3. The fraction of sp³-hybridized carbons (Fsp3) is 0.565. The maximum absolute atomic E-state index is 13.1. The molecule has 0 unspecified atom stereocenters. The van der Waals surface area contributed by atoms with Crippen LogP contribution in [0.1, 0.15) is 56.8 Å². The predicted molar refractivity (Wildman–Crippen MR) is 118 cm³/mol. The van der Waals surface area contributed by atoms with Crippen LogP contribution in [0.2, 0.25) is 0 Å². The zero-order valence-corrected chi connectivity index (χ0v) is 19.3. The minimum absolute atomic E-state index is 0.0281. The lowest BCUT2D eigenvalue weighted by molar-refractivity contribution is -0.135. The topological polar surface area (TPSA) is 108 Å². The highest BCUT2D eigenvalue weighted by molar-refractivity contribution is 6.11. The number of rotatable bonds is 5. The Morgan fingerprint density at radius 3 is 2.32 bits per heavy atom. The Bertz CT molecular complexity index is 979. The van der Waals surface area contributed by atoms with Gasteiger partial charge in [-0.2, -0.15) is 13.2 Å². The van der Waals surface area contributed by atoms with E-state index in [1.807, 2.05) is 0 Å². The van der Waals surface area contributed by atoms with Gasteiger partial charge in [0.05, 0.1) is 11.3 Å². The van der Waals surface area contributed by atoms with Gasteiger partial charge >= 0.3 is 12.2 Å². The molecule has 3 rings (SSSR count). The van der Waals surface area contributed by atoms with E-state index in [4.69, 9.17) is 0 Å². The Kier molecular flexibility index (Phi) is 6.95. The number of hydrogen-bond donors (Lipinski definition) is 3. The van der Waals surface area contributed by atoms with Crippen LogP contribution in [0.3, 0.4) is 0 Å². The van der Waals surface area contributed by atoms with Gasteiger partial charge in [0.15, 0.2) is 0 Å². The summed E-state index contributed by atoms with van der Waals surface area (Å²) in [7, 11) is 0. The highest BCUT2D eigenvalue weighted by Gasteiger charge is 2.53. The minimum Gasteiger partial charge on any atom is -0.343 e. The maximum atomic E-state index is 13.1. The summed E-state index contributed by atoms with van der Waals surface area (Å²) in [4.78, 5) is 51.2. The molecule has 186 valence electrons. The van der Waals surface area contributed by atoms with Crippen LogP contribution in [0, 0.1) is 11.3 Å². The molecule has 2 aliphatic rings. The zero-order chi connectivity index (χ0) is 25.3. The van der Waals surface area contributed by atoms with Gasteiger partial charge in [-0.3, -0.25) is 19.3 Å². The van der Waals surface area contributed by atoms with Crippen LogP contribution in [0.5, 0.6) is 0 Å². The third-order valence-corrected chi connectivity index (χ3v) is 6.51. The van der Waals surface area contributed by atoms with Crippen LogP contribution in [0.15, 0.2) is 24.3 Å². The second kappa shape index (κ2) is 9.27. The van der Waals surface area contributed by atoms with Crippen LogP contribution >= 0.6 is 0 Å². The van der Waals surface area contributed by atoms with Gasteiger partial charge in [0.25, 0.3) is 11.8 Å². The number of anilines is 1. The summed E-state index contributed by atoms with van der Waals surface area (Å²) in [6.07, 6.45) is -2.06. The molecule has 1 aromatic carbocycles. The lowest BCUT2D eigenvalue weighted by Crippen LogP contribution is -2.51. The molecule has 3 N–H and O–H groups in total. The van der Waals surface area contributed by atoms with E-state index in [1.165, 1.54) is 24.3 Å². The van der Waals surface area contributed by atoms with Crippen molar-refractivity contribution in [3.63, 3.8) is 0 Å². The molecular weight excluding hydrogens is 453 g/mol. The van der Waals surface area contributed by atoms with Crippen LogP contribution < -0.4 is 16.0 Å². The molecule has 1 spiro atoms. The van der Waals surface area contributed by atoms with E-state index in [9.17, 15) is 32.3 Å². The first-order valence-corrected chi connectivity index (χ1v) is 11.1. The van der Waals surface area contributed by atoms with Crippen molar-refractivity contribution < 1.29 is 32.3 Å². The first kappa shape index (κ1) is 25.5. The molecule has 1 heterocycles. The summed E-state index contributed by atoms with van der Waals surface area (Å²) < 4.78 is 37.2. The molecule has 0 aromatic heterocycles. The highest BCUT2D eigenvalue weighted by atomic mass is 19.4. The fourth-order valence-electron chi connectivity index (χ4n) is 4.53. The molecule has 1 aliphatic carbocycles. The smallest absolute Gasteiger partial charge is 0.343 e. The lowest BCUT2D eigenvalue weighted by Gasteiger charge is -2.40. The van der Waals surface area contributed by atoms with Gasteiger partial charge in [0.2, 0.25) is 5.91 Å². The maximum Gasteiger partial charge on any atom is 0.405 e. The number of alkyl halides is 3. The number of urea groups is 1. The second-order valence-electron chi connectivity index (χ2n) is 9.94. The van der Waals surface area contributed by atoms with Crippen molar-refractivity contribution in [3.8, 4) is 0 Å². The van der Waals surface area contributed by atoms with E-state index in [2.05, 4.69) is 31.4 Å². The Balaban J connectivity index is 1.64. The zero-order valence-electron chi connectivity index (χ0n) is 19.3. The van der Waals surface area contributed by atoms with E-state index in [0.29, 0.717) is 18.8 Å². The summed E-state index contributed by atoms with van der Waals surface area (Å²) in [6.45, 7) is 4.33. The number of carbonyl (C=O) groups is 4. The normalized spacial score (nSPS) is 23.1. The minimum atomic E-state index is -4.58. The number of hydrogen-bond acceptors (Lipinski definition) is 4. The molecular formula is C23H29F3N4O4. The van der Waals surface area contributed by atoms with E-state index in [0.717, 1.165) is 17.7 Å². The Labute approximate surface area is 195 Å². The van der Waals surface area contributed by atoms with Crippen molar-refractivity contribution in [2.24, 2.45) is 11.3 Å². The molecule has 0 radical (unpaired) electrons. The number of nitrogens with zero attached hydrogens (tertiary/aromatic N) is 1. The molecule has 0 atom stereocenters. The summed E-state index contributed by atoms with van der Waals surface area (Å²) in [6, 6.07) is 4.88. The number of nitrogens with one attached hydrogen (secondary N) is 3. The average Bonchev–Trinajstić information content (AvgIpc) is 2.95. The summed E-state index contributed by atoms with van der Waals surface area (Å²) in [5, 5.41) is 6.93. The van der Waals surface area contributed by atoms with Crippen molar-refractivity contribution in [3.05, 3.63) is 29.8 Å². The van der Waals surface area contributed by atoms with E-state index < -0.39 is 48.6 Å². The van der Waals surface area contributed by atoms with Crippen LogP contribution in [-0.4, -0.2) is 53.5 Å². The number of para-hydroxylation sites is 1. The predicted octanol–water partition coefficient (Wildman–Crippen LogP) is 3.44. The van der Waals surface area contributed by atoms with Gasteiger partial charge in [-0.15, -0.1) is 0 Å². The molecule has 0 bridgehead atoms. The number of benzene rings is 1. The number of carbonyl (C=O) groups excluding carboxylic acids is 4. The van der Waals surface area contributed by atoms with Crippen LogP contribution in [0.4, 0.5) is 23.7 Å². The Morgan fingerprint density at radius 2 is 1.74 bits per heavy atom. The molecule has 1 aliphatic heterocycles. The Morgan fingerprint density at radius 1 is 1.12 bits per heavy atom. The average molecular weight is 483 g/mol. The first-order valence-electron chi connectivity index (χ1n) is 11.1. The molecule has 11 heteroatoms. The quantitative estimate of drug-likeness (QED) is 0.559. The van der Waals surface area contributed by atoms with Crippen molar-refractivity contribution in [1.29, 1.82) is 0 Å². The number of amides is 5. The monoisotopic (exact) mass is 482 g/mol. The third kappa shape index (κ3) is 5.68. The fourth-order valence-corrected chi connectivity index (χ4v) is 4.53. The highest BCUT2D eigenvalue weighted by Crippen LogP contribution is 2.43. The van der Waals surface area contributed by atoms with Crippen molar-refractivity contribution in [2.45, 2.75) is 58.2 Å². The molecule has 1 aromatic rings. The van der Waals surface area contributed by atoms with E-state index >= 15 is 0 Å². The van der Waals surface area contributed by atoms with Gasteiger partial charge in [-0.25, -0.2) is 4.79 Å². The van der Waals surface area contributed by atoms with Crippen molar-refractivity contribution in [1.82, 2.24) is 15.5 Å². The first-order chi connectivity index (χ1) is 15.7. The molecule has 1 saturated carbocycles. The van der Waals surface area contributed by atoms with Gasteiger partial charge in [0.1, 0.15) is 18.6 Å². The lowest BCUT2D eigenvalue weighted by atomic mass is 9.67. The Hall–Kier alpha value is -3.11. The summed E-state index contributed by atoms with van der Waals surface area (Å²) in [5.74, 6) is -1.81. The van der Waals surface area contributed by atoms with Crippen molar-refractivity contribution in [2.75, 3.05) is 18.4 Å². The third-order valence-electron chi connectivity index (χ3n) is 6.51. The van der Waals surface area contributed by atoms with Crippen LogP contribution in [-0.2, 0) is 9.59 Å². The van der Waals surface area contributed by atoms with Gasteiger partial charge < -0.3 is 16.0 Å². The molecule has 1 saturated heterocycles. The molecule has 34 heavy (non-hydrogen) atoms. The summed E-state index contributed by atoms with van der Waals surface area (Å²) in [5.41, 5.74) is -1.13. The molecule has 5 amide bonds. The van der Waals surface area contributed by atoms with E-state index in [-0.39, 0.29) is 16.7 Å². The van der Waals surface area contributed by atoms with Gasteiger partial charge in [-0.1, -0.05) is 32.9 Å². The SMILES string of the molecule is CC(C)(C)C1CCC2(CC1)NC(=O)N(CC(=O)Nc1ccccc1C(=O)NCC(F)(F)F)C2=O. The molecule has 8 nitrogen and oxygen atoms in total. The van der Waals surface area contributed by atoms with Gasteiger partial charge in [-0.05, 0) is 49.1 Å². The van der Waals surface area contributed by atoms with E-state index in [1.54, 1.807) is 5.32 Å². The largest absolute Gasteiger partial charge is 0.405 e.